The maximum absolute atomic E-state index is 13.2. The smallest absolute Gasteiger partial charge is 0.267 e. The summed E-state index contributed by atoms with van der Waals surface area (Å²) in [6.07, 6.45) is 5.95. The van der Waals surface area contributed by atoms with Gasteiger partial charge in [-0.05, 0) is 49.6 Å². The number of hydrogen-bond donors (Lipinski definition) is 1. The minimum Gasteiger partial charge on any atom is -0.337 e. The summed E-state index contributed by atoms with van der Waals surface area (Å²) in [7, 11) is 0. The minimum absolute atomic E-state index is 0.0556. The van der Waals surface area contributed by atoms with Gasteiger partial charge in [0.05, 0.1) is 22.7 Å². The van der Waals surface area contributed by atoms with Gasteiger partial charge in [-0.3, -0.25) is 9.59 Å². The predicted octanol–water partition coefficient (Wildman–Crippen LogP) is 3.52. The largest absolute Gasteiger partial charge is 0.337 e. The fourth-order valence-electron chi connectivity index (χ4n) is 3.91. The maximum atomic E-state index is 13.2. The molecule has 1 N–H and O–H groups in total. The van der Waals surface area contributed by atoms with Crippen LogP contribution >= 0.6 is 11.8 Å². The van der Waals surface area contributed by atoms with Crippen molar-refractivity contribution in [3.63, 3.8) is 0 Å². The Morgan fingerprint density at radius 2 is 2.03 bits per heavy atom. The second kappa shape index (κ2) is 8.90. The van der Waals surface area contributed by atoms with Crippen molar-refractivity contribution in [3.8, 4) is 11.9 Å². The number of amides is 1. The molecule has 31 heavy (non-hydrogen) atoms. The van der Waals surface area contributed by atoms with Gasteiger partial charge in [-0.25, -0.2) is 14.5 Å². The number of pyridine rings is 1. The molecule has 0 atom stereocenters. The highest BCUT2D eigenvalue weighted by atomic mass is 32.2. The molecule has 0 spiro atoms. The standard InChI is InChI=1S/C23H23N5O2S/c1-16-9-12-25-19(13-16)28-21(30)17-7-3-4-8-18(17)26-22(28)31-14-20(29)27-23(15-24)10-5-2-6-11-23/h3-4,7-9,12-13H,2,5-6,10-11,14H2,1H3,(H,27,29). The molecule has 1 aliphatic rings. The van der Waals surface area contributed by atoms with Crippen LogP contribution in [0.2, 0.25) is 0 Å². The van der Waals surface area contributed by atoms with Crippen molar-refractivity contribution >= 4 is 28.6 Å². The van der Waals surface area contributed by atoms with Crippen LogP contribution in [0.1, 0.15) is 37.7 Å². The molecular weight excluding hydrogens is 410 g/mol. The Morgan fingerprint density at radius 1 is 1.26 bits per heavy atom. The highest BCUT2D eigenvalue weighted by molar-refractivity contribution is 7.99. The quantitative estimate of drug-likeness (QED) is 0.488. The number of nitrogens with zero attached hydrogens (tertiary/aromatic N) is 4. The van der Waals surface area contributed by atoms with E-state index >= 15 is 0 Å². The maximum Gasteiger partial charge on any atom is 0.267 e. The lowest BCUT2D eigenvalue weighted by atomic mass is 9.83. The molecule has 1 saturated carbocycles. The Balaban J connectivity index is 1.65. The van der Waals surface area contributed by atoms with E-state index in [1.807, 2.05) is 25.1 Å². The van der Waals surface area contributed by atoms with Crippen LogP contribution in [0.3, 0.4) is 0 Å². The molecular formula is C23H23N5O2S. The van der Waals surface area contributed by atoms with E-state index in [1.54, 1.807) is 24.4 Å². The van der Waals surface area contributed by atoms with Gasteiger partial charge in [0.1, 0.15) is 11.4 Å². The summed E-state index contributed by atoms with van der Waals surface area (Å²) in [4.78, 5) is 34.9. The summed E-state index contributed by atoms with van der Waals surface area (Å²) in [5.74, 6) is 0.284. The number of aromatic nitrogens is 3. The molecule has 7 nitrogen and oxygen atoms in total. The molecule has 1 aromatic carbocycles. The van der Waals surface area contributed by atoms with E-state index < -0.39 is 5.54 Å². The van der Waals surface area contributed by atoms with Crippen molar-refractivity contribution < 1.29 is 4.79 Å². The number of carbonyl (C=O) groups is 1. The number of benzene rings is 1. The number of para-hydroxylation sites is 1. The van der Waals surface area contributed by atoms with Crippen molar-refractivity contribution in [1.82, 2.24) is 19.9 Å². The summed E-state index contributed by atoms with van der Waals surface area (Å²) < 4.78 is 1.45. The monoisotopic (exact) mass is 433 g/mol. The van der Waals surface area contributed by atoms with E-state index in [0.29, 0.717) is 34.7 Å². The second-order valence-electron chi connectivity index (χ2n) is 7.83. The highest BCUT2D eigenvalue weighted by Crippen LogP contribution is 2.28. The number of hydrogen-bond acceptors (Lipinski definition) is 6. The van der Waals surface area contributed by atoms with Crippen molar-refractivity contribution in [2.24, 2.45) is 0 Å². The molecule has 0 bridgehead atoms. The van der Waals surface area contributed by atoms with Crippen LogP contribution < -0.4 is 10.9 Å². The van der Waals surface area contributed by atoms with E-state index in [-0.39, 0.29) is 17.2 Å². The fraction of sp³-hybridized carbons (Fsp3) is 0.348. The molecule has 1 aliphatic carbocycles. The SMILES string of the molecule is Cc1ccnc(-n2c(SCC(=O)NC3(C#N)CCCCC3)nc3ccccc3c2=O)c1. The lowest BCUT2D eigenvalue weighted by Crippen LogP contribution is -2.49. The number of rotatable bonds is 5. The molecule has 0 saturated heterocycles. The summed E-state index contributed by atoms with van der Waals surface area (Å²) in [6.45, 7) is 1.93. The lowest BCUT2D eigenvalue weighted by Gasteiger charge is -2.31. The summed E-state index contributed by atoms with van der Waals surface area (Å²) in [5, 5.41) is 13.4. The Labute approximate surface area is 184 Å². The van der Waals surface area contributed by atoms with Crippen molar-refractivity contribution in [3.05, 3.63) is 58.5 Å². The third-order valence-corrected chi connectivity index (χ3v) is 6.45. The molecule has 2 aromatic heterocycles. The van der Waals surface area contributed by atoms with Gasteiger partial charge in [0, 0.05) is 6.20 Å². The van der Waals surface area contributed by atoms with E-state index in [9.17, 15) is 14.9 Å². The van der Waals surface area contributed by atoms with E-state index in [4.69, 9.17) is 0 Å². The average molecular weight is 434 g/mol. The van der Waals surface area contributed by atoms with E-state index in [2.05, 4.69) is 21.4 Å². The van der Waals surface area contributed by atoms with Gasteiger partial charge in [-0.2, -0.15) is 5.26 Å². The number of thioether (sulfide) groups is 1. The van der Waals surface area contributed by atoms with Crippen LogP contribution in [0.15, 0.2) is 52.5 Å². The Kier molecular flexibility index (Phi) is 6.05. The first-order valence-electron chi connectivity index (χ1n) is 10.3. The van der Waals surface area contributed by atoms with Gasteiger partial charge in [0.2, 0.25) is 5.91 Å². The van der Waals surface area contributed by atoms with Gasteiger partial charge in [-0.15, -0.1) is 0 Å². The van der Waals surface area contributed by atoms with Crippen LogP contribution in [-0.4, -0.2) is 31.7 Å². The lowest BCUT2D eigenvalue weighted by molar-refractivity contribution is -0.120. The normalized spacial score (nSPS) is 15.4. The Hall–Kier alpha value is -3.18. The van der Waals surface area contributed by atoms with Gasteiger partial charge >= 0.3 is 0 Å². The van der Waals surface area contributed by atoms with Gasteiger partial charge in [0.15, 0.2) is 5.16 Å². The number of nitriles is 1. The average Bonchev–Trinajstić information content (AvgIpc) is 2.78. The molecule has 0 aliphatic heterocycles. The van der Waals surface area contributed by atoms with Crippen LogP contribution in [0, 0.1) is 18.3 Å². The number of fused-ring (bicyclic) bond motifs is 1. The Morgan fingerprint density at radius 3 is 2.77 bits per heavy atom. The first kappa shape index (κ1) is 21.1. The fourth-order valence-corrected chi connectivity index (χ4v) is 4.71. The summed E-state index contributed by atoms with van der Waals surface area (Å²) in [5.41, 5.74) is 0.518. The third kappa shape index (κ3) is 4.47. The molecule has 158 valence electrons. The van der Waals surface area contributed by atoms with Crippen LogP contribution in [0.25, 0.3) is 16.7 Å². The summed E-state index contributed by atoms with van der Waals surface area (Å²) in [6, 6.07) is 13.1. The molecule has 1 fully saturated rings. The zero-order valence-electron chi connectivity index (χ0n) is 17.3. The van der Waals surface area contributed by atoms with E-state index in [0.717, 1.165) is 24.8 Å². The topological polar surface area (TPSA) is 101 Å². The van der Waals surface area contributed by atoms with Crippen molar-refractivity contribution in [2.75, 3.05) is 5.75 Å². The molecule has 8 heteroatoms. The second-order valence-corrected chi connectivity index (χ2v) is 8.78. The number of nitrogens with one attached hydrogen (secondary N) is 1. The number of carbonyl (C=O) groups excluding carboxylic acids is 1. The van der Waals surface area contributed by atoms with Crippen LogP contribution in [0.4, 0.5) is 0 Å². The van der Waals surface area contributed by atoms with Gasteiger partial charge in [-0.1, -0.05) is 43.2 Å². The molecule has 0 unspecified atom stereocenters. The van der Waals surface area contributed by atoms with Gasteiger partial charge in [0.25, 0.3) is 5.56 Å². The third-order valence-electron chi connectivity index (χ3n) is 5.51. The zero-order chi connectivity index (χ0) is 21.8. The molecule has 1 amide bonds. The zero-order valence-corrected chi connectivity index (χ0v) is 18.1. The minimum atomic E-state index is -0.787. The Bertz CT molecular complexity index is 1220. The predicted molar refractivity (Wildman–Crippen MR) is 120 cm³/mol. The van der Waals surface area contributed by atoms with Gasteiger partial charge < -0.3 is 5.32 Å². The van der Waals surface area contributed by atoms with Crippen molar-refractivity contribution in [2.45, 2.75) is 49.7 Å². The van der Waals surface area contributed by atoms with E-state index in [1.165, 1.54) is 16.3 Å². The van der Waals surface area contributed by atoms with Crippen molar-refractivity contribution in [1.29, 1.82) is 5.26 Å². The van der Waals surface area contributed by atoms with Crippen LogP contribution in [-0.2, 0) is 4.79 Å². The van der Waals surface area contributed by atoms with Crippen LogP contribution in [0.5, 0.6) is 0 Å². The molecule has 2 heterocycles. The highest BCUT2D eigenvalue weighted by Gasteiger charge is 2.33. The summed E-state index contributed by atoms with van der Waals surface area (Å²) >= 11 is 1.17. The first-order valence-corrected chi connectivity index (χ1v) is 11.3. The first-order chi connectivity index (χ1) is 15.0. The molecule has 3 aromatic rings. The number of aryl methyl sites for hydroxylation is 1. The molecule has 0 radical (unpaired) electrons. The molecule has 4 rings (SSSR count).